The Morgan fingerprint density at radius 3 is 2.81 bits per heavy atom. The molecule has 0 unspecified atom stereocenters. The molecule has 0 saturated carbocycles. The second kappa shape index (κ2) is 5.16. The lowest BCUT2D eigenvalue weighted by molar-refractivity contribution is 0.0998. The number of primary amides is 1. The second-order valence-electron chi connectivity index (χ2n) is 5.46. The molecule has 1 aliphatic rings. The van der Waals surface area contributed by atoms with Gasteiger partial charge in [0.05, 0.1) is 17.8 Å². The average Bonchev–Trinajstić information content (AvgIpc) is 2.80. The zero-order chi connectivity index (χ0) is 15.1. The van der Waals surface area contributed by atoms with Crippen molar-refractivity contribution in [2.24, 2.45) is 5.73 Å². The van der Waals surface area contributed by atoms with Crippen LogP contribution in [0.2, 0.25) is 5.02 Å². The number of benzene rings is 1. The van der Waals surface area contributed by atoms with Crippen LogP contribution in [0.1, 0.15) is 21.6 Å². The van der Waals surface area contributed by atoms with Crippen LogP contribution in [-0.2, 0) is 13.1 Å². The van der Waals surface area contributed by atoms with E-state index < -0.39 is 5.91 Å². The minimum absolute atomic E-state index is 0.446. The summed E-state index contributed by atoms with van der Waals surface area (Å²) in [4.78, 5) is 14.1. The molecule has 0 spiro atoms. The van der Waals surface area contributed by atoms with Crippen molar-refractivity contribution in [1.29, 1.82) is 0 Å². The molecule has 110 valence electrons. The second-order valence-corrected chi connectivity index (χ2v) is 5.87. The number of hydrogen-bond acceptors (Lipinski definition) is 3. The Labute approximate surface area is 128 Å². The van der Waals surface area contributed by atoms with E-state index in [1.807, 2.05) is 36.9 Å². The lowest BCUT2D eigenvalue weighted by atomic mass is 10.0. The van der Waals surface area contributed by atoms with Crippen LogP contribution in [0.3, 0.4) is 0 Å². The fraction of sp³-hybridized carbons (Fsp3) is 0.333. The quantitative estimate of drug-likeness (QED) is 0.923. The maximum atomic E-state index is 11.9. The zero-order valence-electron chi connectivity index (χ0n) is 12.1. The summed E-state index contributed by atoms with van der Waals surface area (Å²) in [6.45, 7) is 4.27. The Morgan fingerprint density at radius 1 is 1.38 bits per heavy atom. The van der Waals surface area contributed by atoms with Crippen molar-refractivity contribution in [3.05, 3.63) is 40.0 Å². The van der Waals surface area contributed by atoms with Gasteiger partial charge in [0.25, 0.3) is 5.91 Å². The fourth-order valence-electron chi connectivity index (χ4n) is 2.64. The Kier molecular flexibility index (Phi) is 3.47. The van der Waals surface area contributed by atoms with Crippen LogP contribution < -0.4 is 5.73 Å². The van der Waals surface area contributed by atoms with Crippen LogP contribution in [0.15, 0.2) is 18.2 Å². The van der Waals surface area contributed by atoms with Gasteiger partial charge in [-0.1, -0.05) is 23.7 Å². The molecule has 1 aromatic carbocycles. The van der Waals surface area contributed by atoms with Crippen LogP contribution in [0.4, 0.5) is 0 Å². The molecule has 0 fully saturated rings. The Bertz CT molecular complexity index is 723. The van der Waals surface area contributed by atoms with Gasteiger partial charge in [-0.05, 0) is 25.6 Å². The topological polar surface area (TPSA) is 64.2 Å². The molecular weight excluding hydrogens is 288 g/mol. The number of carbonyl (C=O) groups excluding carboxylic acids is 1. The number of likely N-dealkylation sites (N-methyl/N-ethyl adjacent to an activating group) is 1. The summed E-state index contributed by atoms with van der Waals surface area (Å²) in [7, 11) is 2.02. The fourth-order valence-corrected chi connectivity index (χ4v) is 2.82. The Morgan fingerprint density at radius 2 is 2.14 bits per heavy atom. The maximum absolute atomic E-state index is 11.9. The molecule has 2 aromatic rings. The molecular formula is C15H17ClN4O. The van der Waals surface area contributed by atoms with E-state index in [2.05, 4.69) is 10.00 Å². The van der Waals surface area contributed by atoms with E-state index in [4.69, 9.17) is 17.3 Å². The number of halogens is 1. The molecule has 0 bridgehead atoms. The number of rotatable bonds is 2. The number of nitrogens with two attached hydrogens (primary N) is 1. The highest BCUT2D eigenvalue weighted by Gasteiger charge is 2.26. The lowest BCUT2D eigenvalue weighted by Crippen LogP contribution is -2.32. The van der Waals surface area contributed by atoms with E-state index in [0.717, 1.165) is 29.9 Å². The van der Waals surface area contributed by atoms with Gasteiger partial charge in [-0.2, -0.15) is 5.10 Å². The van der Waals surface area contributed by atoms with Crippen molar-refractivity contribution in [1.82, 2.24) is 14.7 Å². The Balaban J connectivity index is 2.18. The largest absolute Gasteiger partial charge is 0.365 e. The van der Waals surface area contributed by atoms with Crippen molar-refractivity contribution in [2.45, 2.75) is 20.0 Å². The molecule has 6 heteroatoms. The number of amides is 1. The number of aryl methyl sites for hydroxylation is 1. The molecule has 1 amide bonds. The molecule has 2 N–H and O–H groups in total. The molecule has 1 aromatic heterocycles. The highest BCUT2D eigenvalue weighted by molar-refractivity contribution is 6.31. The van der Waals surface area contributed by atoms with E-state index in [1.165, 1.54) is 0 Å². The average molecular weight is 305 g/mol. The number of fused-ring (bicyclic) bond motifs is 1. The monoisotopic (exact) mass is 304 g/mol. The first-order valence-electron chi connectivity index (χ1n) is 6.82. The number of carbonyl (C=O) groups is 1. The Hall–Kier alpha value is -1.85. The molecule has 5 nitrogen and oxygen atoms in total. The van der Waals surface area contributed by atoms with E-state index in [-0.39, 0.29) is 0 Å². The minimum Gasteiger partial charge on any atom is -0.365 e. The predicted molar refractivity (Wildman–Crippen MR) is 82.3 cm³/mol. The first-order valence-corrected chi connectivity index (χ1v) is 7.19. The van der Waals surface area contributed by atoms with Gasteiger partial charge in [0, 0.05) is 23.7 Å². The lowest BCUT2D eigenvalue weighted by Gasteiger charge is -2.23. The van der Waals surface area contributed by atoms with Crippen LogP contribution in [0.5, 0.6) is 0 Å². The highest BCUT2D eigenvalue weighted by Crippen LogP contribution is 2.30. The molecule has 3 rings (SSSR count). The van der Waals surface area contributed by atoms with Gasteiger partial charge in [-0.25, -0.2) is 0 Å². The van der Waals surface area contributed by atoms with Crippen molar-refractivity contribution in [3.8, 4) is 11.3 Å². The first kappa shape index (κ1) is 14.1. The molecule has 0 atom stereocenters. The van der Waals surface area contributed by atoms with Gasteiger partial charge in [0.15, 0.2) is 0 Å². The summed E-state index contributed by atoms with van der Waals surface area (Å²) >= 11 is 6.19. The summed E-state index contributed by atoms with van der Waals surface area (Å²) in [5.74, 6) is -0.446. The van der Waals surface area contributed by atoms with Gasteiger partial charge < -0.3 is 5.73 Å². The van der Waals surface area contributed by atoms with Crippen molar-refractivity contribution < 1.29 is 4.79 Å². The third-order valence-electron chi connectivity index (χ3n) is 3.86. The van der Waals surface area contributed by atoms with E-state index >= 15 is 0 Å². The van der Waals surface area contributed by atoms with Gasteiger partial charge >= 0.3 is 0 Å². The zero-order valence-corrected chi connectivity index (χ0v) is 12.8. The van der Waals surface area contributed by atoms with Crippen molar-refractivity contribution in [2.75, 3.05) is 13.6 Å². The van der Waals surface area contributed by atoms with Crippen LogP contribution in [0, 0.1) is 6.92 Å². The third-order valence-corrected chi connectivity index (χ3v) is 4.27. The molecule has 21 heavy (non-hydrogen) atoms. The maximum Gasteiger partial charge on any atom is 0.252 e. The van der Waals surface area contributed by atoms with Crippen LogP contribution in [-0.4, -0.2) is 34.2 Å². The van der Waals surface area contributed by atoms with Gasteiger partial charge in [-0.15, -0.1) is 0 Å². The molecule has 0 saturated heterocycles. The number of hydrogen-bond donors (Lipinski definition) is 1. The normalized spacial score (nSPS) is 15.0. The summed E-state index contributed by atoms with van der Waals surface area (Å²) < 4.78 is 1.88. The third kappa shape index (κ3) is 2.43. The highest BCUT2D eigenvalue weighted by atomic mass is 35.5. The van der Waals surface area contributed by atoms with Crippen molar-refractivity contribution >= 4 is 17.5 Å². The summed E-state index contributed by atoms with van der Waals surface area (Å²) in [6.07, 6.45) is 0. The molecule has 0 aliphatic carbocycles. The van der Waals surface area contributed by atoms with Gasteiger partial charge in [-0.3, -0.25) is 14.4 Å². The van der Waals surface area contributed by atoms with E-state index in [0.29, 0.717) is 22.8 Å². The number of aromatic nitrogens is 2. The molecule has 2 heterocycles. The van der Waals surface area contributed by atoms with Crippen LogP contribution in [0.25, 0.3) is 11.3 Å². The number of nitrogens with zero attached hydrogens (tertiary/aromatic N) is 3. The van der Waals surface area contributed by atoms with Crippen LogP contribution >= 0.6 is 11.6 Å². The van der Waals surface area contributed by atoms with Gasteiger partial charge in [0.1, 0.15) is 5.69 Å². The van der Waals surface area contributed by atoms with E-state index in [1.54, 1.807) is 0 Å². The van der Waals surface area contributed by atoms with Crippen molar-refractivity contribution in [3.63, 3.8) is 0 Å². The standard InChI is InChI=1S/C15H17ClN4O/c1-9-3-4-10(7-11(9)16)14-13(15(17)21)12-8-19(2)5-6-20(12)18-14/h3-4,7H,5-6,8H2,1-2H3,(H2,17,21). The van der Waals surface area contributed by atoms with E-state index in [9.17, 15) is 4.79 Å². The summed E-state index contributed by atoms with van der Waals surface area (Å²) in [5.41, 5.74) is 9.40. The summed E-state index contributed by atoms with van der Waals surface area (Å²) in [5, 5.41) is 5.24. The smallest absolute Gasteiger partial charge is 0.252 e. The molecule has 0 radical (unpaired) electrons. The summed E-state index contributed by atoms with van der Waals surface area (Å²) in [6, 6.07) is 5.68. The molecule has 1 aliphatic heterocycles. The SMILES string of the molecule is Cc1ccc(-c2nn3c(c2C(N)=O)CN(C)CC3)cc1Cl. The minimum atomic E-state index is -0.446. The predicted octanol–water partition coefficient (Wildman–Crippen LogP) is 2.06. The first-order chi connectivity index (χ1) is 9.97. The van der Waals surface area contributed by atoms with Gasteiger partial charge in [0.2, 0.25) is 0 Å².